The molecule has 1 unspecified atom stereocenters. The van der Waals surface area contributed by atoms with Crippen molar-refractivity contribution >= 4 is 23.4 Å². The minimum absolute atomic E-state index is 0.632. The first-order chi connectivity index (χ1) is 8.52. The summed E-state index contributed by atoms with van der Waals surface area (Å²) in [5.74, 6) is 0.683. The number of benzene rings is 1. The molecule has 0 aliphatic rings. The summed E-state index contributed by atoms with van der Waals surface area (Å²) in [6.07, 6.45) is 1.18. The van der Waals surface area contributed by atoms with Crippen LogP contribution in [0.3, 0.4) is 0 Å². The van der Waals surface area contributed by atoms with Gasteiger partial charge in [0.1, 0.15) is 0 Å². The van der Waals surface area contributed by atoms with Crippen LogP contribution in [0.2, 0.25) is 5.02 Å². The highest BCUT2D eigenvalue weighted by atomic mass is 35.5. The SMILES string of the molecule is CCC(C)Sc1cc(Cl)ccc1CNCC(C)C. The normalized spacial score (nSPS) is 13.0. The number of hydrogen-bond donors (Lipinski definition) is 1. The monoisotopic (exact) mass is 285 g/mol. The molecule has 0 saturated carbocycles. The predicted octanol–water partition coefficient (Wildman–Crippen LogP) is 4.98. The van der Waals surface area contributed by atoms with Crippen molar-refractivity contribution in [3.8, 4) is 0 Å². The Kier molecular flexibility index (Phi) is 7.13. The van der Waals surface area contributed by atoms with E-state index in [1.54, 1.807) is 0 Å². The first-order valence-electron chi connectivity index (χ1n) is 6.68. The van der Waals surface area contributed by atoms with Gasteiger partial charge in [-0.1, -0.05) is 45.4 Å². The van der Waals surface area contributed by atoms with Gasteiger partial charge in [0.2, 0.25) is 0 Å². The molecule has 1 nitrogen and oxygen atoms in total. The summed E-state index contributed by atoms with van der Waals surface area (Å²) in [5.41, 5.74) is 1.35. The van der Waals surface area contributed by atoms with E-state index in [-0.39, 0.29) is 0 Å². The number of nitrogens with one attached hydrogen (secondary N) is 1. The molecule has 1 rings (SSSR count). The third-order valence-electron chi connectivity index (χ3n) is 2.80. The summed E-state index contributed by atoms with van der Waals surface area (Å²) in [5, 5.41) is 4.95. The molecule has 0 aliphatic heterocycles. The first-order valence-corrected chi connectivity index (χ1v) is 7.94. The maximum Gasteiger partial charge on any atom is 0.0417 e. The molecule has 18 heavy (non-hydrogen) atoms. The maximum absolute atomic E-state index is 6.09. The molecule has 0 aromatic heterocycles. The van der Waals surface area contributed by atoms with Gasteiger partial charge in [-0.3, -0.25) is 0 Å². The molecule has 0 bridgehead atoms. The largest absolute Gasteiger partial charge is 0.312 e. The van der Waals surface area contributed by atoms with Gasteiger partial charge in [0, 0.05) is 21.7 Å². The summed E-state index contributed by atoms with van der Waals surface area (Å²) in [4.78, 5) is 1.31. The van der Waals surface area contributed by atoms with Crippen molar-refractivity contribution in [2.75, 3.05) is 6.54 Å². The van der Waals surface area contributed by atoms with E-state index >= 15 is 0 Å². The molecule has 0 radical (unpaired) electrons. The Bertz CT molecular complexity index is 366. The van der Waals surface area contributed by atoms with Gasteiger partial charge in [0.05, 0.1) is 0 Å². The van der Waals surface area contributed by atoms with E-state index in [1.807, 2.05) is 17.8 Å². The van der Waals surface area contributed by atoms with Gasteiger partial charge >= 0.3 is 0 Å². The molecule has 3 heteroatoms. The Balaban J connectivity index is 2.70. The van der Waals surface area contributed by atoms with Crippen LogP contribution < -0.4 is 5.32 Å². The standard InChI is InChI=1S/C15H24ClNS/c1-5-12(4)18-15-8-14(16)7-6-13(15)10-17-9-11(2)3/h6-8,11-12,17H,5,9-10H2,1-4H3. The van der Waals surface area contributed by atoms with E-state index in [4.69, 9.17) is 11.6 Å². The molecule has 0 amide bonds. The van der Waals surface area contributed by atoms with Crippen LogP contribution in [0.15, 0.2) is 23.1 Å². The van der Waals surface area contributed by atoms with E-state index in [1.165, 1.54) is 16.9 Å². The molecule has 0 fully saturated rings. The second kappa shape index (κ2) is 8.08. The van der Waals surface area contributed by atoms with Crippen molar-refractivity contribution < 1.29 is 0 Å². The van der Waals surface area contributed by atoms with E-state index in [0.29, 0.717) is 11.2 Å². The second-order valence-electron chi connectivity index (χ2n) is 5.11. The fraction of sp³-hybridized carbons (Fsp3) is 0.600. The molecule has 102 valence electrons. The van der Waals surface area contributed by atoms with E-state index < -0.39 is 0 Å². The average molecular weight is 286 g/mol. The zero-order valence-electron chi connectivity index (χ0n) is 11.8. The topological polar surface area (TPSA) is 12.0 Å². The lowest BCUT2D eigenvalue weighted by molar-refractivity contribution is 0.550. The van der Waals surface area contributed by atoms with Crippen LogP contribution in [-0.4, -0.2) is 11.8 Å². The molecule has 0 heterocycles. The number of halogens is 1. The summed E-state index contributed by atoms with van der Waals surface area (Å²) in [7, 11) is 0. The number of hydrogen-bond acceptors (Lipinski definition) is 2. The molecule has 0 aliphatic carbocycles. The minimum Gasteiger partial charge on any atom is -0.312 e. The van der Waals surface area contributed by atoms with Gasteiger partial charge in [-0.25, -0.2) is 0 Å². The lowest BCUT2D eigenvalue weighted by Gasteiger charge is -2.14. The molecule has 0 saturated heterocycles. The Morgan fingerprint density at radius 2 is 2.00 bits per heavy atom. The van der Waals surface area contributed by atoms with Crippen molar-refractivity contribution in [1.82, 2.24) is 5.32 Å². The van der Waals surface area contributed by atoms with Crippen molar-refractivity contribution in [1.29, 1.82) is 0 Å². The van der Waals surface area contributed by atoms with Gasteiger partial charge in [0.15, 0.2) is 0 Å². The zero-order valence-corrected chi connectivity index (χ0v) is 13.4. The molecule has 1 aromatic rings. The molecular formula is C15H24ClNS. The van der Waals surface area contributed by atoms with Crippen LogP contribution in [0.1, 0.15) is 39.7 Å². The fourth-order valence-corrected chi connectivity index (χ4v) is 2.90. The number of thioether (sulfide) groups is 1. The summed E-state index contributed by atoms with van der Waals surface area (Å²) < 4.78 is 0. The minimum atomic E-state index is 0.632. The van der Waals surface area contributed by atoms with E-state index in [9.17, 15) is 0 Å². The molecule has 1 N–H and O–H groups in total. The molecule has 1 atom stereocenters. The lowest BCUT2D eigenvalue weighted by Crippen LogP contribution is -2.19. The van der Waals surface area contributed by atoms with Gasteiger partial charge in [-0.2, -0.15) is 0 Å². The maximum atomic E-state index is 6.09. The summed E-state index contributed by atoms with van der Waals surface area (Å²) in [6.45, 7) is 10.9. The highest BCUT2D eigenvalue weighted by Crippen LogP contribution is 2.30. The Morgan fingerprint density at radius 1 is 1.28 bits per heavy atom. The van der Waals surface area contributed by atoms with Gasteiger partial charge < -0.3 is 5.32 Å². The zero-order chi connectivity index (χ0) is 13.5. The second-order valence-corrected chi connectivity index (χ2v) is 7.03. The molecule has 0 spiro atoms. The van der Waals surface area contributed by atoms with Crippen LogP contribution in [0, 0.1) is 5.92 Å². The Morgan fingerprint density at radius 3 is 2.61 bits per heavy atom. The van der Waals surface area contributed by atoms with Crippen LogP contribution in [0.25, 0.3) is 0 Å². The molecule has 1 aromatic carbocycles. The van der Waals surface area contributed by atoms with Crippen LogP contribution >= 0.6 is 23.4 Å². The highest BCUT2D eigenvalue weighted by Gasteiger charge is 2.08. The van der Waals surface area contributed by atoms with Crippen molar-refractivity contribution in [3.63, 3.8) is 0 Å². The third kappa shape index (κ3) is 5.64. The quantitative estimate of drug-likeness (QED) is 0.710. The lowest BCUT2D eigenvalue weighted by atomic mass is 10.2. The van der Waals surface area contributed by atoms with E-state index in [2.05, 4.69) is 45.1 Å². The molecular weight excluding hydrogens is 262 g/mol. The first kappa shape index (κ1) is 15.9. The van der Waals surface area contributed by atoms with Crippen LogP contribution in [0.4, 0.5) is 0 Å². The van der Waals surface area contributed by atoms with E-state index in [0.717, 1.165) is 18.1 Å². The van der Waals surface area contributed by atoms with Crippen LogP contribution in [0.5, 0.6) is 0 Å². The van der Waals surface area contributed by atoms with Gasteiger partial charge in [0.25, 0.3) is 0 Å². The smallest absolute Gasteiger partial charge is 0.0417 e. The third-order valence-corrected chi connectivity index (χ3v) is 4.41. The predicted molar refractivity (Wildman–Crippen MR) is 83.6 cm³/mol. The van der Waals surface area contributed by atoms with Crippen LogP contribution in [-0.2, 0) is 6.54 Å². The van der Waals surface area contributed by atoms with Crippen molar-refractivity contribution in [3.05, 3.63) is 28.8 Å². The average Bonchev–Trinajstić information content (AvgIpc) is 2.31. The Hall–Kier alpha value is -0.180. The summed E-state index contributed by atoms with van der Waals surface area (Å²) in [6, 6.07) is 6.21. The summed E-state index contributed by atoms with van der Waals surface area (Å²) >= 11 is 8.01. The van der Waals surface area contributed by atoms with Crippen molar-refractivity contribution in [2.24, 2.45) is 5.92 Å². The highest BCUT2D eigenvalue weighted by molar-refractivity contribution is 8.00. The van der Waals surface area contributed by atoms with Gasteiger partial charge in [-0.15, -0.1) is 11.8 Å². The number of rotatable bonds is 7. The fourth-order valence-electron chi connectivity index (χ4n) is 1.58. The van der Waals surface area contributed by atoms with Gasteiger partial charge in [-0.05, 0) is 36.6 Å². The van der Waals surface area contributed by atoms with Crippen molar-refractivity contribution in [2.45, 2.75) is 50.8 Å². The Labute approximate surface area is 121 Å².